The van der Waals surface area contributed by atoms with Crippen LogP contribution in [0.4, 0.5) is 0 Å². The molecular weight excluding hydrogens is 186 g/mol. The lowest BCUT2D eigenvalue weighted by atomic mass is 10.1. The third kappa shape index (κ3) is 4.04. The first-order valence-corrected chi connectivity index (χ1v) is 5.87. The summed E-state index contributed by atoms with van der Waals surface area (Å²) < 4.78 is 2.17. The average Bonchev–Trinajstić information content (AvgIpc) is 2.60. The number of hydrogen-bond acceptors (Lipinski definition) is 2. The van der Waals surface area contributed by atoms with Gasteiger partial charge in [-0.2, -0.15) is 0 Å². The highest BCUT2D eigenvalue weighted by atomic mass is 15.1. The van der Waals surface area contributed by atoms with E-state index in [0.29, 0.717) is 0 Å². The summed E-state index contributed by atoms with van der Waals surface area (Å²) in [5.41, 5.74) is 6.99. The van der Waals surface area contributed by atoms with Crippen LogP contribution >= 0.6 is 0 Å². The number of aromatic nitrogens is 2. The molecule has 1 aromatic heterocycles. The summed E-state index contributed by atoms with van der Waals surface area (Å²) in [7, 11) is 0. The number of nitrogens with zero attached hydrogens (tertiary/aromatic N) is 2. The van der Waals surface area contributed by atoms with Crippen LogP contribution in [0, 0.1) is 5.92 Å². The van der Waals surface area contributed by atoms with E-state index in [1.807, 2.05) is 19.4 Å². The lowest BCUT2D eigenvalue weighted by Gasteiger charge is -2.11. The van der Waals surface area contributed by atoms with Crippen LogP contribution in [0.1, 0.15) is 51.8 Å². The first-order valence-electron chi connectivity index (χ1n) is 5.87. The predicted molar refractivity (Wildman–Crippen MR) is 63.5 cm³/mol. The summed E-state index contributed by atoms with van der Waals surface area (Å²) in [5, 5.41) is 0. The molecule has 0 fully saturated rings. The second-order valence-electron chi connectivity index (χ2n) is 4.69. The second kappa shape index (κ2) is 5.91. The van der Waals surface area contributed by atoms with Crippen molar-refractivity contribution in [1.82, 2.24) is 9.55 Å². The molecule has 15 heavy (non-hydrogen) atoms. The zero-order valence-electron chi connectivity index (χ0n) is 10.1. The summed E-state index contributed by atoms with van der Waals surface area (Å²) in [6, 6.07) is 0.0811. The molecule has 0 spiro atoms. The van der Waals surface area contributed by atoms with E-state index in [9.17, 15) is 0 Å². The second-order valence-corrected chi connectivity index (χ2v) is 4.69. The van der Waals surface area contributed by atoms with Gasteiger partial charge in [-0.15, -0.1) is 0 Å². The number of rotatable bonds is 6. The largest absolute Gasteiger partial charge is 0.333 e. The highest BCUT2D eigenvalue weighted by molar-refractivity contribution is 5.02. The summed E-state index contributed by atoms with van der Waals surface area (Å²) in [6.07, 6.45) is 7.56. The molecule has 3 heteroatoms. The monoisotopic (exact) mass is 209 g/mol. The molecule has 0 aliphatic heterocycles. The van der Waals surface area contributed by atoms with Gasteiger partial charge in [-0.25, -0.2) is 4.98 Å². The normalized spacial score (nSPS) is 13.4. The van der Waals surface area contributed by atoms with Gasteiger partial charge in [0.25, 0.3) is 0 Å². The molecule has 0 amide bonds. The van der Waals surface area contributed by atoms with Gasteiger partial charge >= 0.3 is 0 Å². The van der Waals surface area contributed by atoms with Crippen molar-refractivity contribution < 1.29 is 0 Å². The molecule has 0 radical (unpaired) electrons. The quantitative estimate of drug-likeness (QED) is 0.732. The molecule has 0 aromatic carbocycles. The first-order chi connectivity index (χ1) is 7.11. The van der Waals surface area contributed by atoms with Gasteiger partial charge in [-0.05, 0) is 19.3 Å². The van der Waals surface area contributed by atoms with Crippen LogP contribution in [0.3, 0.4) is 0 Å². The molecular formula is C12H23N3. The Balaban J connectivity index is 2.34. The van der Waals surface area contributed by atoms with Gasteiger partial charge in [0.1, 0.15) is 0 Å². The van der Waals surface area contributed by atoms with E-state index in [2.05, 4.69) is 23.4 Å². The minimum absolute atomic E-state index is 0.0811. The van der Waals surface area contributed by atoms with Crippen LogP contribution in [-0.4, -0.2) is 9.55 Å². The maximum Gasteiger partial charge on any atom is 0.0948 e. The molecule has 0 saturated heterocycles. The molecule has 1 heterocycles. The number of unbranched alkanes of at least 4 members (excludes halogenated alkanes) is 1. The van der Waals surface area contributed by atoms with Crippen molar-refractivity contribution in [3.63, 3.8) is 0 Å². The first kappa shape index (κ1) is 12.2. The maximum atomic E-state index is 5.85. The summed E-state index contributed by atoms with van der Waals surface area (Å²) >= 11 is 0. The molecule has 1 rings (SSSR count). The van der Waals surface area contributed by atoms with Gasteiger partial charge in [0.05, 0.1) is 12.0 Å². The smallest absolute Gasteiger partial charge is 0.0948 e. The van der Waals surface area contributed by atoms with Crippen LogP contribution in [0.25, 0.3) is 0 Å². The van der Waals surface area contributed by atoms with Gasteiger partial charge in [-0.1, -0.05) is 26.7 Å². The van der Waals surface area contributed by atoms with Crippen molar-refractivity contribution in [3.05, 3.63) is 18.2 Å². The van der Waals surface area contributed by atoms with E-state index in [4.69, 9.17) is 5.73 Å². The number of nitrogens with two attached hydrogens (primary N) is 1. The fourth-order valence-corrected chi connectivity index (χ4v) is 1.73. The van der Waals surface area contributed by atoms with E-state index in [1.54, 1.807) is 0 Å². The van der Waals surface area contributed by atoms with Crippen molar-refractivity contribution in [2.45, 2.75) is 52.6 Å². The van der Waals surface area contributed by atoms with Crippen LogP contribution < -0.4 is 5.73 Å². The summed E-state index contributed by atoms with van der Waals surface area (Å²) in [4.78, 5) is 4.14. The fourth-order valence-electron chi connectivity index (χ4n) is 1.73. The van der Waals surface area contributed by atoms with Gasteiger partial charge in [0, 0.05) is 18.8 Å². The third-order valence-corrected chi connectivity index (χ3v) is 2.64. The Hall–Kier alpha value is -0.830. The zero-order chi connectivity index (χ0) is 11.3. The van der Waals surface area contributed by atoms with Crippen LogP contribution in [0.2, 0.25) is 0 Å². The topological polar surface area (TPSA) is 43.8 Å². The van der Waals surface area contributed by atoms with E-state index < -0.39 is 0 Å². The maximum absolute atomic E-state index is 5.85. The molecule has 0 aliphatic carbocycles. The number of aryl methyl sites for hydroxylation is 1. The van der Waals surface area contributed by atoms with Gasteiger partial charge in [-0.3, -0.25) is 0 Å². The highest BCUT2D eigenvalue weighted by Crippen LogP contribution is 2.12. The van der Waals surface area contributed by atoms with Crippen molar-refractivity contribution >= 4 is 0 Å². The summed E-state index contributed by atoms with van der Waals surface area (Å²) in [6.45, 7) is 7.58. The predicted octanol–water partition coefficient (Wildman–Crippen LogP) is 2.73. The molecule has 1 aromatic rings. The summed E-state index contributed by atoms with van der Waals surface area (Å²) in [5.74, 6) is 0.806. The molecule has 86 valence electrons. The van der Waals surface area contributed by atoms with Crippen LogP contribution in [0.5, 0.6) is 0 Å². The molecule has 3 nitrogen and oxygen atoms in total. The van der Waals surface area contributed by atoms with E-state index in [1.165, 1.54) is 19.3 Å². The Labute approximate surface area is 92.7 Å². The molecule has 1 unspecified atom stereocenters. The van der Waals surface area contributed by atoms with Crippen molar-refractivity contribution in [3.8, 4) is 0 Å². The number of imidazole rings is 1. The minimum atomic E-state index is 0.0811. The van der Waals surface area contributed by atoms with E-state index >= 15 is 0 Å². The van der Waals surface area contributed by atoms with E-state index in [0.717, 1.165) is 18.2 Å². The van der Waals surface area contributed by atoms with Gasteiger partial charge in [0.2, 0.25) is 0 Å². The van der Waals surface area contributed by atoms with Crippen molar-refractivity contribution in [2.75, 3.05) is 0 Å². The third-order valence-electron chi connectivity index (χ3n) is 2.64. The zero-order valence-corrected chi connectivity index (χ0v) is 10.1. The number of hydrogen-bond donors (Lipinski definition) is 1. The van der Waals surface area contributed by atoms with Crippen molar-refractivity contribution in [1.29, 1.82) is 0 Å². The van der Waals surface area contributed by atoms with Crippen LogP contribution in [-0.2, 0) is 6.54 Å². The molecule has 1 atom stereocenters. The lowest BCUT2D eigenvalue weighted by Crippen LogP contribution is -2.11. The Bertz CT molecular complexity index is 276. The fraction of sp³-hybridized carbons (Fsp3) is 0.750. The molecule has 0 saturated carbocycles. The Morgan fingerprint density at radius 2 is 2.07 bits per heavy atom. The van der Waals surface area contributed by atoms with E-state index in [-0.39, 0.29) is 6.04 Å². The van der Waals surface area contributed by atoms with Crippen LogP contribution in [0.15, 0.2) is 12.5 Å². The highest BCUT2D eigenvalue weighted by Gasteiger charge is 2.05. The lowest BCUT2D eigenvalue weighted by molar-refractivity contribution is 0.500. The molecule has 0 bridgehead atoms. The Kier molecular flexibility index (Phi) is 4.82. The van der Waals surface area contributed by atoms with Gasteiger partial charge < -0.3 is 10.3 Å². The minimum Gasteiger partial charge on any atom is -0.333 e. The van der Waals surface area contributed by atoms with Gasteiger partial charge in [0.15, 0.2) is 0 Å². The standard InChI is InChI=1S/C12H23N3/c1-10(2)6-4-5-7-15-9-14-8-12(15)11(3)13/h8-11H,4-7,13H2,1-3H3. The Morgan fingerprint density at radius 3 is 2.67 bits per heavy atom. The average molecular weight is 209 g/mol. The molecule has 0 aliphatic rings. The van der Waals surface area contributed by atoms with Crippen molar-refractivity contribution in [2.24, 2.45) is 11.7 Å². The molecule has 2 N–H and O–H groups in total. The Morgan fingerprint density at radius 1 is 1.33 bits per heavy atom. The SMILES string of the molecule is CC(C)CCCCn1cncc1C(C)N.